The number of amides is 1. The summed E-state index contributed by atoms with van der Waals surface area (Å²) in [4.78, 5) is 25.1. The topological polar surface area (TPSA) is 97.3 Å². The van der Waals surface area contributed by atoms with Crippen LogP contribution in [-0.2, 0) is 9.53 Å². The first kappa shape index (κ1) is 20.9. The Balaban J connectivity index is 1.72. The molecule has 2 heterocycles. The fraction of sp³-hybridized carbons (Fsp3) is 0.227. The Hall–Kier alpha value is -3.86. The highest BCUT2D eigenvalue weighted by Crippen LogP contribution is 2.26. The lowest BCUT2D eigenvalue weighted by Crippen LogP contribution is -2.37. The fourth-order valence-corrected chi connectivity index (χ4v) is 2.97. The molecule has 1 amide bonds. The number of esters is 1. The van der Waals surface area contributed by atoms with E-state index in [4.69, 9.17) is 9.15 Å². The average molecular weight is 409 g/mol. The Bertz CT molecular complexity index is 1090. The van der Waals surface area contributed by atoms with Crippen molar-refractivity contribution in [1.29, 1.82) is 5.26 Å². The molecule has 0 aliphatic rings. The van der Waals surface area contributed by atoms with Gasteiger partial charge in [0.25, 0.3) is 5.91 Å². The van der Waals surface area contributed by atoms with E-state index >= 15 is 0 Å². The van der Waals surface area contributed by atoms with Gasteiger partial charge in [0.15, 0.2) is 6.10 Å². The van der Waals surface area contributed by atoms with E-state index in [0.717, 1.165) is 0 Å². The maximum atomic E-state index is 13.1. The van der Waals surface area contributed by atoms with Crippen LogP contribution >= 0.6 is 0 Å². The van der Waals surface area contributed by atoms with Crippen molar-refractivity contribution in [3.63, 3.8) is 0 Å². The van der Waals surface area contributed by atoms with Gasteiger partial charge in [-0.2, -0.15) is 5.26 Å². The lowest BCUT2D eigenvalue weighted by atomic mass is 10.1. The van der Waals surface area contributed by atoms with Gasteiger partial charge in [-0.1, -0.05) is 12.1 Å². The third-order valence-electron chi connectivity index (χ3n) is 4.60. The molecule has 3 aromatic rings. The predicted molar refractivity (Wildman–Crippen MR) is 105 cm³/mol. The maximum Gasteiger partial charge on any atom is 0.343 e. The van der Waals surface area contributed by atoms with Crippen molar-refractivity contribution in [1.82, 2.24) is 9.88 Å². The lowest BCUT2D eigenvalue weighted by molar-refractivity contribution is -0.129. The summed E-state index contributed by atoms with van der Waals surface area (Å²) in [5.41, 5.74) is 0.713. The Morgan fingerprint density at radius 2 is 1.83 bits per heavy atom. The predicted octanol–water partition coefficient (Wildman–Crippen LogP) is 3.81. The lowest BCUT2D eigenvalue weighted by Gasteiger charge is -2.18. The third kappa shape index (κ3) is 4.25. The Morgan fingerprint density at radius 1 is 1.20 bits per heavy atom. The molecule has 1 aromatic carbocycles. The number of furan rings is 1. The SMILES string of the molecule is Cc1oc(-n2cccc2)c(C#N)c1C(=O)OC(C)C(=O)NC(C)c1ccc(F)cc1. The molecule has 2 unspecified atom stereocenters. The molecule has 154 valence electrons. The number of rotatable bonds is 6. The van der Waals surface area contributed by atoms with Gasteiger partial charge >= 0.3 is 5.97 Å². The minimum absolute atomic E-state index is 0.0209. The van der Waals surface area contributed by atoms with Crippen LogP contribution in [0.5, 0.6) is 0 Å². The van der Waals surface area contributed by atoms with Gasteiger partial charge in [0, 0.05) is 12.4 Å². The molecule has 30 heavy (non-hydrogen) atoms. The van der Waals surface area contributed by atoms with E-state index in [9.17, 15) is 19.2 Å². The van der Waals surface area contributed by atoms with Crippen molar-refractivity contribution in [3.05, 3.63) is 77.1 Å². The van der Waals surface area contributed by atoms with Crippen LogP contribution in [0.3, 0.4) is 0 Å². The van der Waals surface area contributed by atoms with Crippen LogP contribution in [0, 0.1) is 24.1 Å². The Labute approximate surface area is 172 Å². The average Bonchev–Trinajstić information content (AvgIpc) is 3.35. The minimum atomic E-state index is -1.11. The second-order valence-electron chi connectivity index (χ2n) is 6.74. The summed E-state index contributed by atoms with van der Waals surface area (Å²) in [5, 5.41) is 12.2. The van der Waals surface area contributed by atoms with Crippen molar-refractivity contribution < 1.29 is 23.1 Å². The maximum absolute atomic E-state index is 13.1. The second kappa shape index (κ2) is 8.66. The number of aromatic nitrogens is 1. The highest BCUT2D eigenvalue weighted by Gasteiger charge is 2.28. The number of ether oxygens (including phenoxy) is 1. The molecule has 0 saturated heterocycles. The first-order chi connectivity index (χ1) is 14.3. The summed E-state index contributed by atoms with van der Waals surface area (Å²) in [6, 6.07) is 10.8. The van der Waals surface area contributed by atoms with Crippen LogP contribution in [-0.4, -0.2) is 22.5 Å². The number of hydrogen-bond donors (Lipinski definition) is 1. The molecule has 3 rings (SSSR count). The van der Waals surface area contributed by atoms with E-state index < -0.39 is 24.0 Å². The number of benzene rings is 1. The highest BCUT2D eigenvalue weighted by atomic mass is 19.1. The molecule has 0 bridgehead atoms. The smallest absolute Gasteiger partial charge is 0.343 e. The van der Waals surface area contributed by atoms with E-state index in [1.807, 2.05) is 6.07 Å². The number of carbonyl (C=O) groups excluding carboxylic acids is 2. The summed E-state index contributed by atoms with van der Waals surface area (Å²) >= 11 is 0. The zero-order valence-corrected chi connectivity index (χ0v) is 16.7. The number of carbonyl (C=O) groups is 2. The van der Waals surface area contributed by atoms with Crippen LogP contribution in [0.15, 0.2) is 53.2 Å². The molecule has 2 aromatic heterocycles. The van der Waals surface area contributed by atoms with E-state index in [-0.39, 0.29) is 28.6 Å². The molecule has 2 atom stereocenters. The molecule has 7 nitrogen and oxygen atoms in total. The summed E-state index contributed by atoms with van der Waals surface area (Å²) in [7, 11) is 0. The zero-order valence-electron chi connectivity index (χ0n) is 16.7. The largest absolute Gasteiger partial charge is 0.449 e. The summed E-state index contributed by atoms with van der Waals surface area (Å²) in [6.07, 6.45) is 2.25. The summed E-state index contributed by atoms with van der Waals surface area (Å²) < 4.78 is 25.5. The first-order valence-electron chi connectivity index (χ1n) is 9.25. The van der Waals surface area contributed by atoms with Gasteiger partial charge in [0.1, 0.15) is 28.8 Å². The Morgan fingerprint density at radius 3 is 2.43 bits per heavy atom. The van der Waals surface area contributed by atoms with E-state index in [0.29, 0.717) is 5.56 Å². The number of nitrogens with zero attached hydrogens (tertiary/aromatic N) is 2. The van der Waals surface area contributed by atoms with Crippen molar-refractivity contribution in [3.8, 4) is 12.0 Å². The van der Waals surface area contributed by atoms with Gasteiger partial charge in [-0.05, 0) is 50.6 Å². The second-order valence-corrected chi connectivity index (χ2v) is 6.74. The molecule has 8 heteroatoms. The van der Waals surface area contributed by atoms with Gasteiger partial charge in [0.2, 0.25) is 5.88 Å². The van der Waals surface area contributed by atoms with Crippen LogP contribution in [0.25, 0.3) is 5.88 Å². The van der Waals surface area contributed by atoms with E-state index in [2.05, 4.69) is 5.32 Å². The highest BCUT2D eigenvalue weighted by molar-refractivity contribution is 5.96. The molecule has 0 saturated carbocycles. The van der Waals surface area contributed by atoms with Gasteiger partial charge in [0.05, 0.1) is 6.04 Å². The van der Waals surface area contributed by atoms with Crippen LogP contribution in [0.4, 0.5) is 4.39 Å². The molecule has 0 aliphatic heterocycles. The number of nitrogens with one attached hydrogen (secondary N) is 1. The quantitative estimate of drug-likeness (QED) is 0.625. The molecule has 0 radical (unpaired) electrons. The zero-order chi connectivity index (χ0) is 21.8. The number of hydrogen-bond acceptors (Lipinski definition) is 5. The van der Waals surface area contributed by atoms with Crippen LogP contribution in [0.1, 0.15) is 47.1 Å². The standard InChI is InChI=1S/C22H20FN3O4/c1-13(16-6-8-17(23)9-7-16)25-20(27)15(3)30-22(28)19-14(2)29-21(18(19)12-24)26-10-4-5-11-26/h4-11,13,15H,1-3H3,(H,25,27). The van der Waals surface area contributed by atoms with Gasteiger partial charge in [-0.25, -0.2) is 9.18 Å². The number of aryl methyl sites for hydroxylation is 1. The van der Waals surface area contributed by atoms with Crippen molar-refractivity contribution in [2.75, 3.05) is 0 Å². The molecular weight excluding hydrogens is 389 g/mol. The van der Waals surface area contributed by atoms with Crippen molar-refractivity contribution in [2.45, 2.75) is 32.9 Å². The first-order valence-corrected chi connectivity index (χ1v) is 9.25. The van der Waals surface area contributed by atoms with Gasteiger partial charge in [-0.15, -0.1) is 0 Å². The van der Waals surface area contributed by atoms with Crippen LogP contribution in [0.2, 0.25) is 0 Å². The number of halogens is 1. The van der Waals surface area contributed by atoms with E-state index in [1.165, 1.54) is 19.1 Å². The number of nitriles is 1. The molecule has 0 aliphatic carbocycles. The summed E-state index contributed by atoms with van der Waals surface area (Å²) in [6.45, 7) is 4.71. The van der Waals surface area contributed by atoms with E-state index in [1.54, 1.807) is 55.1 Å². The molecule has 0 fully saturated rings. The molecular formula is C22H20FN3O4. The molecule has 0 spiro atoms. The minimum Gasteiger partial charge on any atom is -0.449 e. The summed E-state index contributed by atoms with van der Waals surface area (Å²) in [5.74, 6) is -1.31. The fourth-order valence-electron chi connectivity index (χ4n) is 2.97. The van der Waals surface area contributed by atoms with Gasteiger partial charge < -0.3 is 14.5 Å². The Kier molecular flexibility index (Phi) is 6.02. The van der Waals surface area contributed by atoms with Crippen molar-refractivity contribution >= 4 is 11.9 Å². The van der Waals surface area contributed by atoms with Crippen molar-refractivity contribution in [2.24, 2.45) is 0 Å². The monoisotopic (exact) mass is 409 g/mol. The van der Waals surface area contributed by atoms with Gasteiger partial charge in [-0.3, -0.25) is 9.36 Å². The normalized spacial score (nSPS) is 12.6. The van der Waals surface area contributed by atoms with Crippen LogP contribution < -0.4 is 5.32 Å². The molecule has 1 N–H and O–H groups in total. The third-order valence-corrected chi connectivity index (χ3v) is 4.60.